The van der Waals surface area contributed by atoms with Crippen LogP contribution in [0.1, 0.15) is 48.3 Å². The molecular weight excluding hydrogens is 348 g/mol. The second kappa shape index (κ2) is 9.21. The fourth-order valence-electron chi connectivity index (χ4n) is 4.46. The van der Waals surface area contributed by atoms with Gasteiger partial charge in [-0.2, -0.15) is 5.10 Å². The predicted octanol–water partition coefficient (Wildman–Crippen LogP) is 3.25. The summed E-state index contributed by atoms with van der Waals surface area (Å²) in [6.45, 7) is 13.5. The molecule has 1 aromatic heterocycles. The van der Waals surface area contributed by atoms with Gasteiger partial charge in [0.2, 0.25) is 0 Å². The zero-order valence-electron chi connectivity index (χ0n) is 17.5. The van der Waals surface area contributed by atoms with Crippen LogP contribution in [0.25, 0.3) is 0 Å². The Morgan fingerprint density at radius 2 is 1.64 bits per heavy atom. The lowest BCUT2D eigenvalue weighted by molar-refractivity contribution is 0.107. The van der Waals surface area contributed by atoms with Crippen molar-refractivity contribution in [2.24, 2.45) is 0 Å². The Bertz CT molecular complexity index is 768. The Balaban J connectivity index is 1.36. The van der Waals surface area contributed by atoms with E-state index in [1.165, 1.54) is 41.0 Å². The summed E-state index contributed by atoms with van der Waals surface area (Å²) in [6, 6.07) is 9.14. The maximum absolute atomic E-state index is 5.73. The van der Waals surface area contributed by atoms with Gasteiger partial charge in [-0.1, -0.05) is 31.2 Å². The van der Waals surface area contributed by atoms with E-state index in [1.54, 1.807) is 0 Å². The van der Waals surface area contributed by atoms with E-state index < -0.39 is 0 Å². The van der Waals surface area contributed by atoms with Gasteiger partial charge in [-0.05, 0) is 44.0 Å². The van der Waals surface area contributed by atoms with Gasteiger partial charge < -0.3 is 4.74 Å². The van der Waals surface area contributed by atoms with E-state index in [1.807, 2.05) is 0 Å². The molecule has 28 heavy (non-hydrogen) atoms. The molecule has 1 aromatic carbocycles. The molecule has 0 saturated carbocycles. The van der Waals surface area contributed by atoms with Crippen molar-refractivity contribution in [2.75, 3.05) is 32.8 Å². The first kappa shape index (κ1) is 19.6. The van der Waals surface area contributed by atoms with Crippen LogP contribution >= 0.6 is 0 Å². The van der Waals surface area contributed by atoms with Crippen LogP contribution in [0.4, 0.5) is 0 Å². The molecule has 0 N–H and O–H groups in total. The van der Waals surface area contributed by atoms with Crippen LogP contribution in [-0.2, 0) is 43.8 Å². The molecule has 2 aromatic rings. The fraction of sp³-hybridized carbons (Fsp3) is 0.609. The van der Waals surface area contributed by atoms with Crippen molar-refractivity contribution in [3.05, 3.63) is 52.3 Å². The number of nitrogens with zero attached hydrogens (tertiary/aromatic N) is 4. The van der Waals surface area contributed by atoms with Gasteiger partial charge in [0.1, 0.15) is 0 Å². The lowest BCUT2D eigenvalue weighted by Gasteiger charge is -2.22. The van der Waals surface area contributed by atoms with E-state index in [4.69, 9.17) is 9.84 Å². The standard InChI is InChI=1S/C23H34N4O/c1-3-19-6-8-20(9-7-19)16-25-11-5-12-26(14-13-25)17-22-21-18-28-15-10-23(21)27(4-2)24-22/h6-9H,3-5,10-18H2,1-2H3. The number of aryl methyl sites for hydroxylation is 2. The van der Waals surface area contributed by atoms with E-state index in [2.05, 4.69) is 52.6 Å². The molecule has 0 amide bonds. The second-order valence-corrected chi connectivity index (χ2v) is 8.07. The van der Waals surface area contributed by atoms with Crippen molar-refractivity contribution in [3.63, 3.8) is 0 Å². The van der Waals surface area contributed by atoms with Crippen molar-refractivity contribution >= 4 is 0 Å². The van der Waals surface area contributed by atoms with Gasteiger partial charge in [0, 0.05) is 50.4 Å². The first-order chi connectivity index (χ1) is 13.8. The van der Waals surface area contributed by atoms with E-state index in [9.17, 15) is 0 Å². The van der Waals surface area contributed by atoms with Crippen LogP contribution in [0.5, 0.6) is 0 Å². The summed E-state index contributed by atoms with van der Waals surface area (Å²) in [5, 5.41) is 4.92. The first-order valence-electron chi connectivity index (χ1n) is 10.9. The molecule has 1 fully saturated rings. The Morgan fingerprint density at radius 3 is 2.36 bits per heavy atom. The van der Waals surface area contributed by atoms with Gasteiger partial charge in [0.25, 0.3) is 0 Å². The fourth-order valence-corrected chi connectivity index (χ4v) is 4.46. The van der Waals surface area contributed by atoms with Crippen molar-refractivity contribution < 1.29 is 4.74 Å². The van der Waals surface area contributed by atoms with Crippen LogP contribution < -0.4 is 0 Å². The molecule has 5 nitrogen and oxygen atoms in total. The zero-order valence-corrected chi connectivity index (χ0v) is 17.5. The normalized spacial score (nSPS) is 18.8. The molecule has 0 radical (unpaired) electrons. The molecule has 5 heteroatoms. The highest BCUT2D eigenvalue weighted by atomic mass is 16.5. The Labute approximate surface area is 169 Å². The molecule has 4 rings (SSSR count). The monoisotopic (exact) mass is 382 g/mol. The third kappa shape index (κ3) is 4.48. The molecule has 152 valence electrons. The average molecular weight is 383 g/mol. The second-order valence-electron chi connectivity index (χ2n) is 8.07. The van der Waals surface area contributed by atoms with Crippen LogP contribution in [0.15, 0.2) is 24.3 Å². The highest BCUT2D eigenvalue weighted by molar-refractivity contribution is 5.27. The van der Waals surface area contributed by atoms with Crippen LogP contribution in [0.3, 0.4) is 0 Å². The molecule has 3 heterocycles. The van der Waals surface area contributed by atoms with E-state index in [-0.39, 0.29) is 0 Å². The van der Waals surface area contributed by atoms with Crippen molar-refractivity contribution in [1.29, 1.82) is 0 Å². The molecular formula is C23H34N4O. The topological polar surface area (TPSA) is 33.5 Å². The van der Waals surface area contributed by atoms with Gasteiger partial charge in [-0.3, -0.25) is 14.5 Å². The summed E-state index contributed by atoms with van der Waals surface area (Å²) in [5.41, 5.74) is 6.84. The maximum atomic E-state index is 5.73. The quantitative estimate of drug-likeness (QED) is 0.768. The number of benzene rings is 1. The third-order valence-corrected chi connectivity index (χ3v) is 6.17. The van der Waals surface area contributed by atoms with Crippen LogP contribution in [0, 0.1) is 0 Å². The number of fused-ring (bicyclic) bond motifs is 1. The van der Waals surface area contributed by atoms with E-state index >= 15 is 0 Å². The smallest absolute Gasteiger partial charge is 0.0822 e. The van der Waals surface area contributed by atoms with E-state index in [0.29, 0.717) is 0 Å². The van der Waals surface area contributed by atoms with Gasteiger partial charge in [-0.25, -0.2) is 0 Å². The minimum absolute atomic E-state index is 0.735. The molecule has 0 bridgehead atoms. The molecule has 0 spiro atoms. The number of ether oxygens (including phenoxy) is 1. The van der Waals surface area contributed by atoms with Crippen molar-refractivity contribution in [1.82, 2.24) is 19.6 Å². The maximum Gasteiger partial charge on any atom is 0.0822 e. The lowest BCUT2D eigenvalue weighted by atomic mass is 10.1. The average Bonchev–Trinajstić information content (AvgIpc) is 2.94. The zero-order chi connectivity index (χ0) is 19.3. The number of rotatable bonds is 6. The Kier molecular flexibility index (Phi) is 6.45. The lowest BCUT2D eigenvalue weighted by Crippen LogP contribution is -2.30. The molecule has 2 aliphatic heterocycles. The summed E-state index contributed by atoms with van der Waals surface area (Å²) in [7, 11) is 0. The number of aromatic nitrogens is 2. The molecule has 2 aliphatic rings. The highest BCUT2D eigenvalue weighted by Crippen LogP contribution is 2.23. The predicted molar refractivity (Wildman–Crippen MR) is 112 cm³/mol. The summed E-state index contributed by atoms with van der Waals surface area (Å²) >= 11 is 0. The van der Waals surface area contributed by atoms with Gasteiger partial charge in [0.15, 0.2) is 0 Å². The SMILES string of the molecule is CCc1ccc(CN2CCCN(Cc3nn(CC)c4c3COCC4)CC2)cc1. The summed E-state index contributed by atoms with van der Waals surface area (Å²) in [4.78, 5) is 5.18. The Hall–Kier alpha value is -1.69. The Morgan fingerprint density at radius 1 is 0.929 bits per heavy atom. The summed E-state index contributed by atoms with van der Waals surface area (Å²) in [6.07, 6.45) is 3.34. The first-order valence-corrected chi connectivity index (χ1v) is 10.9. The van der Waals surface area contributed by atoms with Gasteiger partial charge in [-0.15, -0.1) is 0 Å². The molecule has 0 atom stereocenters. The van der Waals surface area contributed by atoms with Crippen molar-refractivity contribution in [2.45, 2.75) is 59.4 Å². The third-order valence-electron chi connectivity index (χ3n) is 6.17. The van der Waals surface area contributed by atoms with Crippen LogP contribution in [0.2, 0.25) is 0 Å². The van der Waals surface area contributed by atoms with Crippen molar-refractivity contribution in [3.8, 4) is 0 Å². The number of hydrogen-bond acceptors (Lipinski definition) is 4. The number of hydrogen-bond donors (Lipinski definition) is 0. The van der Waals surface area contributed by atoms with Gasteiger partial charge >= 0.3 is 0 Å². The largest absolute Gasteiger partial charge is 0.376 e. The molecule has 0 unspecified atom stereocenters. The van der Waals surface area contributed by atoms with E-state index in [0.717, 1.165) is 65.3 Å². The minimum Gasteiger partial charge on any atom is -0.376 e. The van der Waals surface area contributed by atoms with Crippen LogP contribution in [-0.4, -0.2) is 52.4 Å². The minimum atomic E-state index is 0.735. The van der Waals surface area contributed by atoms with Gasteiger partial charge in [0.05, 0.1) is 18.9 Å². The summed E-state index contributed by atoms with van der Waals surface area (Å²) in [5.74, 6) is 0. The molecule has 0 aliphatic carbocycles. The molecule has 1 saturated heterocycles. The highest BCUT2D eigenvalue weighted by Gasteiger charge is 2.23. The summed E-state index contributed by atoms with van der Waals surface area (Å²) < 4.78 is 7.92.